The smallest absolute Gasteiger partial charge is 0.329 e. The van der Waals surface area contributed by atoms with Gasteiger partial charge in [-0.2, -0.15) is 0 Å². The van der Waals surface area contributed by atoms with E-state index in [1.165, 1.54) is 4.90 Å². The molecule has 386 valence electrons. The van der Waals surface area contributed by atoms with Gasteiger partial charge < -0.3 is 34.3 Å². The summed E-state index contributed by atoms with van der Waals surface area (Å²) in [6.07, 6.45) is 5.61. The number of cyclic esters (lactones) is 1. The molecule has 6 aromatic rings. The van der Waals surface area contributed by atoms with Crippen molar-refractivity contribution in [2.24, 2.45) is 5.92 Å². The fourth-order valence-electron chi connectivity index (χ4n) is 12.4. The van der Waals surface area contributed by atoms with E-state index >= 15 is 19.2 Å². The summed E-state index contributed by atoms with van der Waals surface area (Å²) in [6, 6.07) is 40.7. The molecule has 2 fully saturated rings. The van der Waals surface area contributed by atoms with Crippen LogP contribution in [-0.4, -0.2) is 78.7 Å². The van der Waals surface area contributed by atoms with Crippen LogP contribution in [0.1, 0.15) is 101 Å². The van der Waals surface area contributed by atoms with Crippen LogP contribution in [0.15, 0.2) is 157 Å². The van der Waals surface area contributed by atoms with Crippen LogP contribution < -0.4 is 24.4 Å². The van der Waals surface area contributed by atoms with E-state index in [2.05, 4.69) is 23.2 Å². The fourth-order valence-corrected chi connectivity index (χ4v) is 12.4. The molecule has 7 atom stereocenters. The molecule has 0 radical (unpaired) electrons. The lowest BCUT2D eigenvalue weighted by atomic mass is 9.64. The third kappa shape index (κ3) is 8.85. The molecule has 2 saturated heterocycles. The highest BCUT2D eigenvalue weighted by molar-refractivity contribution is 6.24. The summed E-state index contributed by atoms with van der Waals surface area (Å²) in [5, 5.41) is 13.1. The Bertz CT molecular complexity index is 3280. The van der Waals surface area contributed by atoms with E-state index in [9.17, 15) is 5.11 Å². The summed E-state index contributed by atoms with van der Waals surface area (Å²) in [5.74, 6) is 4.96. The number of imide groups is 1. The molecule has 0 saturated carbocycles. The van der Waals surface area contributed by atoms with Crippen molar-refractivity contribution in [3.8, 4) is 29.1 Å². The van der Waals surface area contributed by atoms with Gasteiger partial charge in [-0.05, 0) is 126 Å². The van der Waals surface area contributed by atoms with Crippen LogP contribution in [0.4, 0.5) is 10.5 Å². The fraction of sp³-hybridized carbons (Fsp3) is 0.302. The van der Waals surface area contributed by atoms with Gasteiger partial charge in [0.1, 0.15) is 29.9 Å². The zero-order valence-corrected chi connectivity index (χ0v) is 42.8. The molecule has 6 aromatic carbocycles. The first-order valence-corrected chi connectivity index (χ1v) is 26.1. The number of rotatable bonds is 11. The number of hydrogen-bond acceptors (Lipinski definition) is 10. The highest BCUT2D eigenvalue weighted by atomic mass is 16.6. The number of nitrogens with zero attached hydrogens (tertiary/aromatic N) is 3. The number of esters is 1. The molecule has 2 N–H and O–H groups in total. The molecule has 5 aliphatic rings. The number of amides is 4. The number of benzene rings is 6. The van der Waals surface area contributed by atoms with Gasteiger partial charge in [0.2, 0.25) is 11.8 Å². The average Bonchev–Trinajstić information content (AvgIpc) is 4.12. The van der Waals surface area contributed by atoms with Crippen molar-refractivity contribution in [1.82, 2.24) is 15.1 Å². The number of ether oxygens (including phenoxy) is 4. The van der Waals surface area contributed by atoms with Crippen LogP contribution in [0.5, 0.6) is 17.2 Å². The van der Waals surface area contributed by atoms with Gasteiger partial charge in [0, 0.05) is 18.7 Å². The number of aliphatic hydroxyl groups is 1. The van der Waals surface area contributed by atoms with Gasteiger partial charge in [-0.15, -0.1) is 0 Å². The van der Waals surface area contributed by atoms with Crippen LogP contribution in [0.2, 0.25) is 0 Å². The van der Waals surface area contributed by atoms with Crippen LogP contribution in [0.3, 0.4) is 0 Å². The van der Waals surface area contributed by atoms with Crippen molar-refractivity contribution >= 4 is 29.5 Å². The number of urea groups is 1. The van der Waals surface area contributed by atoms with Gasteiger partial charge in [-0.25, -0.2) is 9.69 Å². The van der Waals surface area contributed by atoms with Crippen molar-refractivity contribution in [3.63, 3.8) is 0 Å². The van der Waals surface area contributed by atoms with Gasteiger partial charge in [0.25, 0.3) is 0 Å². The van der Waals surface area contributed by atoms with Crippen LogP contribution in [-0.2, 0) is 37.5 Å². The molecule has 4 amide bonds. The molecule has 0 bridgehead atoms. The monoisotopic (exact) mass is 1020 g/mol. The van der Waals surface area contributed by atoms with E-state index in [1.54, 1.807) is 31.3 Å². The Morgan fingerprint density at radius 3 is 2.17 bits per heavy atom. The summed E-state index contributed by atoms with van der Waals surface area (Å²) < 4.78 is 24.3. The van der Waals surface area contributed by atoms with Crippen LogP contribution in [0, 0.1) is 17.8 Å². The minimum Gasteiger partial charge on any atom is -0.493 e. The minimum atomic E-state index is -2.02. The van der Waals surface area contributed by atoms with Crippen LogP contribution in [0.25, 0.3) is 0 Å². The second kappa shape index (κ2) is 21.2. The Hall–Kier alpha value is -8.18. The van der Waals surface area contributed by atoms with Gasteiger partial charge in [-0.1, -0.05) is 121 Å². The van der Waals surface area contributed by atoms with Crippen molar-refractivity contribution in [1.29, 1.82) is 0 Å². The highest BCUT2D eigenvalue weighted by Crippen LogP contribution is 2.66. The number of fused-ring (bicyclic) bond motifs is 4. The molecule has 11 rings (SSSR count). The summed E-state index contributed by atoms with van der Waals surface area (Å²) in [7, 11) is 3.15. The Kier molecular flexibility index (Phi) is 14.0. The third-order valence-electron chi connectivity index (χ3n) is 15.8. The summed E-state index contributed by atoms with van der Waals surface area (Å²) in [4.78, 5) is 70.0. The Labute approximate surface area is 443 Å². The van der Waals surface area contributed by atoms with E-state index in [0.717, 1.165) is 53.5 Å². The molecule has 0 unspecified atom stereocenters. The molecule has 13 nitrogen and oxygen atoms in total. The second-order valence-electron chi connectivity index (χ2n) is 20.1. The number of methoxy groups -OCH3 is 2. The van der Waals surface area contributed by atoms with E-state index in [4.69, 9.17) is 18.9 Å². The van der Waals surface area contributed by atoms with Gasteiger partial charge >= 0.3 is 12.0 Å². The first-order chi connectivity index (χ1) is 37.1. The van der Waals surface area contributed by atoms with Crippen molar-refractivity contribution in [3.05, 3.63) is 202 Å². The quantitative estimate of drug-likeness (QED) is 0.0950. The molecule has 4 heterocycles. The third-order valence-corrected chi connectivity index (χ3v) is 15.8. The van der Waals surface area contributed by atoms with Gasteiger partial charge in [-0.3, -0.25) is 19.3 Å². The summed E-state index contributed by atoms with van der Waals surface area (Å²) in [6.45, 7) is 1.98. The lowest BCUT2D eigenvalue weighted by Gasteiger charge is -2.46. The number of anilines is 1. The Morgan fingerprint density at radius 2 is 1.47 bits per heavy atom. The van der Waals surface area contributed by atoms with E-state index in [0.29, 0.717) is 45.9 Å². The maximum atomic E-state index is 17.1. The minimum absolute atomic E-state index is 0.0113. The molecule has 0 aromatic heterocycles. The first kappa shape index (κ1) is 50.0. The van der Waals surface area contributed by atoms with Gasteiger partial charge in [0.15, 0.2) is 11.5 Å². The van der Waals surface area contributed by atoms with Crippen molar-refractivity contribution < 1.29 is 43.2 Å². The van der Waals surface area contributed by atoms with E-state index in [1.807, 2.05) is 145 Å². The predicted molar refractivity (Wildman–Crippen MR) is 286 cm³/mol. The number of nitrogens with one attached hydrogen (secondary N) is 1. The van der Waals surface area contributed by atoms with Crippen molar-refractivity contribution in [2.75, 3.05) is 38.9 Å². The molecular formula is C63H60N4O9. The number of carbonyl (C=O) groups excluding carboxylic acids is 4. The molecule has 4 aliphatic heterocycles. The zero-order chi connectivity index (χ0) is 52.5. The second-order valence-corrected chi connectivity index (χ2v) is 20.1. The van der Waals surface area contributed by atoms with Gasteiger partial charge in [0.05, 0.1) is 50.6 Å². The predicted octanol–water partition coefficient (Wildman–Crippen LogP) is 9.65. The SMILES string of the molecule is COc1cc2c(cc1OC)CN(C(=O)[C@@H]1[C@H]3C(=O)O[C@H](c4ccccc4)[C@H](c4ccccc4)N3[C@H](c3cccc(OCCO)c3)[C@@]13C(=O)N(C(=O)N[C@H](C)c1ccccc1)c1ccc(C#CC4=CCCCC4)cc13)CC2. The number of aliphatic hydroxyl groups excluding tert-OH is 1. The number of allylic oxidation sites excluding steroid dienone is 2. The molecule has 76 heavy (non-hydrogen) atoms. The lowest BCUT2D eigenvalue weighted by molar-refractivity contribution is -0.179. The lowest BCUT2D eigenvalue weighted by Crippen LogP contribution is -2.57. The number of hydrogen-bond donors (Lipinski definition) is 2. The van der Waals surface area contributed by atoms with Crippen molar-refractivity contribution in [2.45, 2.75) is 81.3 Å². The van der Waals surface area contributed by atoms with E-state index in [-0.39, 0.29) is 32.0 Å². The average molecular weight is 1020 g/mol. The topological polar surface area (TPSA) is 147 Å². The number of carbonyl (C=O) groups is 4. The summed E-state index contributed by atoms with van der Waals surface area (Å²) >= 11 is 0. The normalized spacial score (nSPS) is 23.0. The molecular weight excluding hydrogens is 957 g/mol. The Morgan fingerprint density at radius 1 is 0.776 bits per heavy atom. The zero-order valence-electron chi connectivity index (χ0n) is 42.8. The standard InChI is InChI=1S/C63H60N4O9/c1-40(43-19-10-5-11-20-43)64-62(72)66-51-30-29-42(28-27-41-17-8-4-9-18-41)35-50(51)63(61(66)71)54(59(69)65-32-31-46-37-52(73-2)53(74-3)38-48(46)39-65)56-60(70)76-57(45-23-14-7-15-24-45)55(44-21-12-6-13-22-44)67(56)58(63)47-25-16-26-49(36-47)75-34-33-68/h5-7,10-17,19-26,29-30,35-38,40,54-58,68H,4,8-9,18,31-34,39H2,1-3H3,(H,64,72)/t40-,54+,55+,56+,57-,58-,63+/m1/s1. The molecule has 1 aliphatic carbocycles. The first-order valence-electron chi connectivity index (χ1n) is 26.1. The molecule has 1 spiro atoms. The maximum Gasteiger partial charge on any atom is 0.329 e. The maximum absolute atomic E-state index is 17.1. The van der Waals surface area contributed by atoms with E-state index < -0.39 is 65.4 Å². The summed E-state index contributed by atoms with van der Waals surface area (Å²) in [5.41, 5.74) is 4.89. The Balaban J connectivity index is 1.19. The largest absolute Gasteiger partial charge is 0.493 e. The van der Waals surface area contributed by atoms with Crippen LogP contribution >= 0.6 is 0 Å². The highest BCUT2D eigenvalue weighted by Gasteiger charge is 2.76. The number of morpholine rings is 1. The molecule has 13 heteroatoms.